The highest BCUT2D eigenvalue weighted by Crippen LogP contribution is 2.39. The highest BCUT2D eigenvalue weighted by molar-refractivity contribution is 7.26. The van der Waals surface area contributed by atoms with E-state index in [0.29, 0.717) is 0 Å². The van der Waals surface area contributed by atoms with E-state index >= 15 is 0 Å². The number of fused-ring (bicyclic) bond motifs is 5. The fraction of sp³-hybridized carbons (Fsp3) is 0.286. The van der Waals surface area contributed by atoms with Gasteiger partial charge in [0.05, 0.1) is 0 Å². The van der Waals surface area contributed by atoms with E-state index in [-0.39, 0.29) is 0 Å². The van der Waals surface area contributed by atoms with Gasteiger partial charge in [0.2, 0.25) is 0 Å². The van der Waals surface area contributed by atoms with Gasteiger partial charge in [-0.25, -0.2) is 0 Å². The number of aryl methyl sites for hydroxylation is 2. The molecule has 0 nitrogen and oxygen atoms in total. The summed E-state index contributed by atoms with van der Waals surface area (Å²) in [5, 5.41) is 8.29. The maximum Gasteiger partial charge on any atom is 0.0361 e. The second kappa shape index (κ2) is 7.80. The average Bonchev–Trinajstić information content (AvgIpc) is 3.09. The van der Waals surface area contributed by atoms with Crippen molar-refractivity contribution in [3.05, 3.63) is 71.8 Å². The predicted octanol–water partition coefficient (Wildman–Crippen LogP) is 9.05. The van der Waals surface area contributed by atoms with Crippen molar-refractivity contribution in [3.63, 3.8) is 0 Å². The molecule has 0 aliphatic heterocycles. The van der Waals surface area contributed by atoms with Crippen molar-refractivity contribution >= 4 is 53.1 Å². The number of rotatable bonds is 6. The van der Waals surface area contributed by atoms with Crippen LogP contribution < -0.4 is 0 Å². The molecule has 5 rings (SSSR count). The van der Waals surface area contributed by atoms with Gasteiger partial charge in [0.15, 0.2) is 0 Å². The molecule has 4 aromatic carbocycles. The standard InChI is InChI=1S/C28H28S/c1-3-5-7-19-9-11-21-17-27-25(15-23(21)13-19)26-16-24-14-20(8-6-4-2)10-12-22(24)18-28(26)29-27/h9-18H,3-8H2,1-2H3. The molecule has 1 heteroatoms. The van der Waals surface area contributed by atoms with E-state index in [4.69, 9.17) is 0 Å². The van der Waals surface area contributed by atoms with Gasteiger partial charge in [-0.05, 0) is 82.6 Å². The van der Waals surface area contributed by atoms with E-state index in [1.165, 1.54) is 91.4 Å². The Morgan fingerprint density at radius 3 is 1.48 bits per heavy atom. The van der Waals surface area contributed by atoms with Crippen molar-refractivity contribution in [1.82, 2.24) is 0 Å². The van der Waals surface area contributed by atoms with Crippen LogP contribution in [-0.2, 0) is 12.8 Å². The molecule has 1 heterocycles. The van der Waals surface area contributed by atoms with Crippen molar-refractivity contribution in [2.75, 3.05) is 0 Å². The van der Waals surface area contributed by atoms with Gasteiger partial charge in [0.25, 0.3) is 0 Å². The van der Waals surface area contributed by atoms with E-state index in [9.17, 15) is 0 Å². The summed E-state index contributed by atoms with van der Waals surface area (Å²) in [6.45, 7) is 4.53. The molecular formula is C28H28S. The first-order valence-electron chi connectivity index (χ1n) is 11.1. The minimum atomic E-state index is 1.18. The zero-order valence-electron chi connectivity index (χ0n) is 17.4. The summed E-state index contributed by atoms with van der Waals surface area (Å²) in [5.74, 6) is 0. The van der Waals surface area contributed by atoms with Crippen LogP contribution in [0.3, 0.4) is 0 Å². The van der Waals surface area contributed by atoms with Crippen molar-refractivity contribution in [2.45, 2.75) is 52.4 Å². The molecule has 0 fully saturated rings. The smallest absolute Gasteiger partial charge is 0.0361 e. The van der Waals surface area contributed by atoms with Crippen molar-refractivity contribution in [3.8, 4) is 0 Å². The maximum atomic E-state index is 2.42. The molecule has 0 aliphatic rings. The Hall–Kier alpha value is -2.38. The largest absolute Gasteiger partial charge is 0.135 e. The molecule has 0 unspecified atom stereocenters. The highest BCUT2D eigenvalue weighted by Gasteiger charge is 2.09. The third-order valence-corrected chi connectivity index (χ3v) is 7.27. The summed E-state index contributed by atoms with van der Waals surface area (Å²) < 4.78 is 2.80. The lowest BCUT2D eigenvalue weighted by Gasteiger charge is -2.05. The van der Waals surface area contributed by atoms with E-state index in [2.05, 4.69) is 74.5 Å². The molecule has 0 amide bonds. The maximum absolute atomic E-state index is 2.42. The SMILES string of the molecule is CCCCc1ccc2cc3sc4cc5ccc(CCCC)cc5cc4c3cc2c1. The molecule has 0 aliphatic carbocycles. The molecule has 29 heavy (non-hydrogen) atoms. The molecule has 5 aromatic rings. The molecular weight excluding hydrogens is 368 g/mol. The normalized spacial score (nSPS) is 11.9. The number of hydrogen-bond donors (Lipinski definition) is 0. The first-order chi connectivity index (χ1) is 14.2. The molecule has 146 valence electrons. The van der Waals surface area contributed by atoms with Crippen molar-refractivity contribution in [2.24, 2.45) is 0 Å². The average molecular weight is 397 g/mol. The first-order valence-corrected chi connectivity index (χ1v) is 11.9. The van der Waals surface area contributed by atoms with Crippen LogP contribution >= 0.6 is 11.3 Å². The minimum Gasteiger partial charge on any atom is -0.135 e. The number of benzene rings is 4. The summed E-state index contributed by atoms with van der Waals surface area (Å²) >= 11 is 1.93. The topological polar surface area (TPSA) is 0 Å². The third-order valence-electron chi connectivity index (χ3n) is 6.15. The number of hydrogen-bond acceptors (Lipinski definition) is 1. The Bertz CT molecular complexity index is 1220. The highest BCUT2D eigenvalue weighted by atomic mass is 32.1. The molecule has 0 bridgehead atoms. The zero-order valence-corrected chi connectivity index (χ0v) is 18.2. The fourth-order valence-corrected chi connectivity index (χ4v) is 5.60. The van der Waals surface area contributed by atoms with Gasteiger partial charge in [0, 0.05) is 20.2 Å². The van der Waals surface area contributed by atoms with Gasteiger partial charge in [-0.3, -0.25) is 0 Å². The van der Waals surface area contributed by atoms with Gasteiger partial charge in [-0.2, -0.15) is 0 Å². The zero-order chi connectivity index (χ0) is 19.8. The molecule has 0 spiro atoms. The molecule has 0 N–H and O–H groups in total. The minimum absolute atomic E-state index is 1.18. The summed E-state index contributed by atoms with van der Waals surface area (Å²) in [6.07, 6.45) is 7.39. The summed E-state index contributed by atoms with van der Waals surface area (Å²) in [6, 6.07) is 23.6. The van der Waals surface area contributed by atoms with Crippen LogP contribution in [0.2, 0.25) is 0 Å². The summed E-state index contributed by atoms with van der Waals surface area (Å²) in [5.41, 5.74) is 2.92. The molecule has 0 radical (unpaired) electrons. The number of unbranched alkanes of at least 4 members (excludes halogenated alkanes) is 2. The second-order valence-electron chi connectivity index (χ2n) is 8.37. The lowest BCUT2D eigenvalue weighted by Crippen LogP contribution is -1.85. The molecule has 0 saturated carbocycles. The quantitative estimate of drug-likeness (QED) is 0.268. The Morgan fingerprint density at radius 1 is 0.552 bits per heavy atom. The molecule has 0 atom stereocenters. The van der Waals surface area contributed by atoms with Crippen LogP contribution in [-0.4, -0.2) is 0 Å². The van der Waals surface area contributed by atoms with Crippen LogP contribution in [0.5, 0.6) is 0 Å². The van der Waals surface area contributed by atoms with Gasteiger partial charge < -0.3 is 0 Å². The van der Waals surface area contributed by atoms with Crippen LogP contribution in [0, 0.1) is 0 Å². The van der Waals surface area contributed by atoms with Gasteiger partial charge in [-0.15, -0.1) is 11.3 Å². The summed E-state index contributed by atoms with van der Waals surface area (Å²) in [7, 11) is 0. The van der Waals surface area contributed by atoms with E-state index in [0.717, 1.165) is 0 Å². The molecule has 1 aromatic heterocycles. The van der Waals surface area contributed by atoms with Crippen LogP contribution in [0.1, 0.15) is 50.7 Å². The second-order valence-corrected chi connectivity index (χ2v) is 9.45. The van der Waals surface area contributed by atoms with E-state index in [1.54, 1.807) is 0 Å². The van der Waals surface area contributed by atoms with Crippen LogP contribution in [0.15, 0.2) is 60.7 Å². The summed E-state index contributed by atoms with van der Waals surface area (Å²) in [4.78, 5) is 0. The van der Waals surface area contributed by atoms with Gasteiger partial charge in [0.1, 0.15) is 0 Å². The monoisotopic (exact) mass is 396 g/mol. The predicted molar refractivity (Wildman–Crippen MR) is 132 cm³/mol. The molecule has 0 saturated heterocycles. The van der Waals surface area contributed by atoms with Gasteiger partial charge in [-0.1, -0.05) is 63.1 Å². The Labute approximate surface area is 177 Å². The van der Waals surface area contributed by atoms with Crippen LogP contribution in [0.25, 0.3) is 41.7 Å². The lowest BCUT2D eigenvalue weighted by molar-refractivity contribution is 0.796. The third kappa shape index (κ3) is 3.53. The van der Waals surface area contributed by atoms with E-state index in [1.807, 2.05) is 11.3 Å². The Balaban J connectivity index is 1.67. The number of thiophene rings is 1. The lowest BCUT2D eigenvalue weighted by atomic mass is 9.99. The van der Waals surface area contributed by atoms with Gasteiger partial charge >= 0.3 is 0 Å². The van der Waals surface area contributed by atoms with E-state index < -0.39 is 0 Å². The van der Waals surface area contributed by atoms with Crippen molar-refractivity contribution < 1.29 is 0 Å². The fourth-order valence-electron chi connectivity index (χ4n) is 4.43. The van der Waals surface area contributed by atoms with Crippen molar-refractivity contribution in [1.29, 1.82) is 0 Å². The Kier molecular flexibility index (Phi) is 5.01. The van der Waals surface area contributed by atoms with Crippen LogP contribution in [0.4, 0.5) is 0 Å². The first kappa shape index (κ1) is 18.6. The Morgan fingerprint density at radius 2 is 1.03 bits per heavy atom.